The Hall–Kier alpha value is -1.35. The molecule has 0 atom stereocenters. The molecule has 1 saturated carbocycles. The molecule has 3 heteroatoms. The maximum atomic E-state index is 11.8. The molecule has 3 nitrogen and oxygen atoms in total. The fraction of sp³-hybridized carbons (Fsp3) is 0.533. The standard InChI is InChI=1S/C15H20O3/c16-11-15(9-5-2-6-10-15)12-18-14(17)13-7-3-1-4-8-13/h1,3-4,7-8,16H,2,5-6,9-12H2. The van der Waals surface area contributed by atoms with E-state index in [1.807, 2.05) is 18.2 Å². The van der Waals surface area contributed by atoms with Crippen LogP contribution in [0.4, 0.5) is 0 Å². The van der Waals surface area contributed by atoms with Crippen molar-refractivity contribution < 1.29 is 14.6 Å². The molecular formula is C15H20O3. The van der Waals surface area contributed by atoms with Gasteiger partial charge < -0.3 is 9.84 Å². The number of ether oxygens (including phenoxy) is 1. The summed E-state index contributed by atoms with van der Waals surface area (Å²) in [5.74, 6) is -0.297. The van der Waals surface area contributed by atoms with E-state index in [0.717, 1.165) is 25.7 Å². The lowest BCUT2D eigenvalue weighted by molar-refractivity contribution is -0.00602. The van der Waals surface area contributed by atoms with E-state index in [-0.39, 0.29) is 18.0 Å². The molecule has 0 amide bonds. The molecular weight excluding hydrogens is 228 g/mol. The number of esters is 1. The third-order valence-corrected chi connectivity index (χ3v) is 3.77. The Morgan fingerprint density at radius 1 is 1.17 bits per heavy atom. The van der Waals surface area contributed by atoms with Crippen molar-refractivity contribution in [2.45, 2.75) is 32.1 Å². The van der Waals surface area contributed by atoms with Gasteiger partial charge in [-0.2, -0.15) is 0 Å². The number of carbonyl (C=O) groups is 1. The first-order valence-corrected chi connectivity index (χ1v) is 6.59. The molecule has 0 saturated heterocycles. The summed E-state index contributed by atoms with van der Waals surface area (Å²) in [7, 11) is 0. The molecule has 1 aromatic rings. The minimum Gasteiger partial charge on any atom is -0.461 e. The fourth-order valence-electron chi connectivity index (χ4n) is 2.53. The van der Waals surface area contributed by atoms with Gasteiger partial charge in [0, 0.05) is 5.41 Å². The summed E-state index contributed by atoms with van der Waals surface area (Å²) >= 11 is 0. The van der Waals surface area contributed by atoms with Crippen LogP contribution < -0.4 is 0 Å². The van der Waals surface area contributed by atoms with Crippen LogP contribution in [0.1, 0.15) is 42.5 Å². The number of rotatable bonds is 4. The monoisotopic (exact) mass is 248 g/mol. The summed E-state index contributed by atoms with van der Waals surface area (Å²) in [5, 5.41) is 9.53. The van der Waals surface area contributed by atoms with Gasteiger partial charge in [0.2, 0.25) is 0 Å². The Morgan fingerprint density at radius 2 is 1.83 bits per heavy atom. The average Bonchev–Trinajstić information content (AvgIpc) is 2.47. The van der Waals surface area contributed by atoms with Crippen LogP contribution in [0.2, 0.25) is 0 Å². The van der Waals surface area contributed by atoms with Gasteiger partial charge in [0.15, 0.2) is 0 Å². The predicted octanol–water partition coefficient (Wildman–Crippen LogP) is 2.79. The predicted molar refractivity (Wildman–Crippen MR) is 69.3 cm³/mol. The molecule has 0 unspecified atom stereocenters. The zero-order valence-electron chi connectivity index (χ0n) is 10.6. The summed E-state index contributed by atoms with van der Waals surface area (Å²) in [4.78, 5) is 11.8. The van der Waals surface area contributed by atoms with Crippen molar-refractivity contribution in [2.24, 2.45) is 5.41 Å². The smallest absolute Gasteiger partial charge is 0.338 e. The summed E-state index contributed by atoms with van der Waals surface area (Å²) in [6.07, 6.45) is 5.35. The van der Waals surface area contributed by atoms with Crippen molar-refractivity contribution in [1.82, 2.24) is 0 Å². The maximum absolute atomic E-state index is 11.8. The SMILES string of the molecule is O=C(OCC1(CO)CCCCC1)c1ccccc1. The van der Waals surface area contributed by atoms with E-state index >= 15 is 0 Å². The van der Waals surface area contributed by atoms with Gasteiger partial charge in [-0.15, -0.1) is 0 Å². The van der Waals surface area contributed by atoms with E-state index in [9.17, 15) is 9.90 Å². The molecule has 1 fully saturated rings. The first-order chi connectivity index (χ1) is 8.76. The number of carbonyl (C=O) groups excluding carboxylic acids is 1. The van der Waals surface area contributed by atoms with Gasteiger partial charge in [0.1, 0.15) is 0 Å². The van der Waals surface area contributed by atoms with Gasteiger partial charge >= 0.3 is 5.97 Å². The third-order valence-electron chi connectivity index (χ3n) is 3.77. The zero-order chi connectivity index (χ0) is 12.8. The van der Waals surface area contributed by atoms with Gasteiger partial charge in [0.25, 0.3) is 0 Å². The Morgan fingerprint density at radius 3 is 2.44 bits per heavy atom. The van der Waals surface area contributed by atoms with Crippen molar-refractivity contribution in [3.63, 3.8) is 0 Å². The number of benzene rings is 1. The van der Waals surface area contributed by atoms with Crippen molar-refractivity contribution in [2.75, 3.05) is 13.2 Å². The maximum Gasteiger partial charge on any atom is 0.338 e. The summed E-state index contributed by atoms with van der Waals surface area (Å²) in [5.41, 5.74) is 0.365. The molecule has 0 aromatic heterocycles. The fourth-order valence-corrected chi connectivity index (χ4v) is 2.53. The highest BCUT2D eigenvalue weighted by Gasteiger charge is 2.33. The van der Waals surface area contributed by atoms with Crippen LogP contribution in [0.25, 0.3) is 0 Å². The van der Waals surface area contributed by atoms with Gasteiger partial charge in [-0.05, 0) is 25.0 Å². The lowest BCUT2D eigenvalue weighted by Crippen LogP contribution is -2.34. The van der Waals surface area contributed by atoms with Crippen LogP contribution >= 0.6 is 0 Å². The number of aliphatic hydroxyl groups excluding tert-OH is 1. The van der Waals surface area contributed by atoms with Gasteiger partial charge in [-0.3, -0.25) is 0 Å². The first kappa shape index (κ1) is 13.1. The number of hydrogen-bond donors (Lipinski definition) is 1. The average molecular weight is 248 g/mol. The second-order valence-electron chi connectivity index (χ2n) is 5.16. The minimum atomic E-state index is -0.297. The third kappa shape index (κ3) is 3.10. The van der Waals surface area contributed by atoms with Crippen molar-refractivity contribution >= 4 is 5.97 Å². The summed E-state index contributed by atoms with van der Waals surface area (Å²) in [6.45, 7) is 0.437. The van der Waals surface area contributed by atoms with E-state index in [2.05, 4.69) is 0 Å². The van der Waals surface area contributed by atoms with Crippen LogP contribution in [-0.4, -0.2) is 24.3 Å². The number of aliphatic hydroxyl groups is 1. The van der Waals surface area contributed by atoms with E-state index in [4.69, 9.17) is 4.74 Å². The molecule has 1 aliphatic rings. The highest BCUT2D eigenvalue weighted by Crippen LogP contribution is 2.36. The van der Waals surface area contributed by atoms with Crippen LogP contribution in [0.5, 0.6) is 0 Å². The molecule has 18 heavy (non-hydrogen) atoms. The molecule has 1 N–H and O–H groups in total. The second-order valence-corrected chi connectivity index (χ2v) is 5.16. The highest BCUT2D eigenvalue weighted by molar-refractivity contribution is 5.89. The largest absolute Gasteiger partial charge is 0.461 e. The van der Waals surface area contributed by atoms with E-state index in [1.54, 1.807) is 12.1 Å². The van der Waals surface area contributed by atoms with E-state index in [1.165, 1.54) is 6.42 Å². The highest BCUT2D eigenvalue weighted by atomic mass is 16.5. The van der Waals surface area contributed by atoms with Crippen molar-refractivity contribution in [3.05, 3.63) is 35.9 Å². The lowest BCUT2D eigenvalue weighted by atomic mass is 9.75. The first-order valence-electron chi connectivity index (χ1n) is 6.59. The zero-order valence-corrected chi connectivity index (χ0v) is 10.6. The molecule has 1 aromatic carbocycles. The molecule has 2 rings (SSSR count). The molecule has 0 aliphatic heterocycles. The Bertz CT molecular complexity index is 380. The molecule has 1 aliphatic carbocycles. The van der Waals surface area contributed by atoms with Gasteiger partial charge in [0.05, 0.1) is 18.8 Å². The quantitative estimate of drug-likeness (QED) is 0.833. The Labute approximate surface area is 108 Å². The van der Waals surface area contributed by atoms with Crippen LogP contribution in [-0.2, 0) is 4.74 Å². The van der Waals surface area contributed by atoms with Crippen LogP contribution in [0.15, 0.2) is 30.3 Å². The molecule has 0 spiro atoms. The van der Waals surface area contributed by atoms with E-state index < -0.39 is 0 Å². The van der Waals surface area contributed by atoms with Crippen molar-refractivity contribution in [3.8, 4) is 0 Å². The van der Waals surface area contributed by atoms with Crippen molar-refractivity contribution in [1.29, 1.82) is 0 Å². The second kappa shape index (κ2) is 6.01. The van der Waals surface area contributed by atoms with Crippen LogP contribution in [0.3, 0.4) is 0 Å². The normalized spacial score (nSPS) is 18.3. The van der Waals surface area contributed by atoms with Crippen LogP contribution in [0, 0.1) is 5.41 Å². The molecule has 98 valence electrons. The Kier molecular flexibility index (Phi) is 4.37. The summed E-state index contributed by atoms with van der Waals surface area (Å²) < 4.78 is 5.36. The molecule has 0 radical (unpaired) electrons. The number of hydrogen-bond acceptors (Lipinski definition) is 3. The van der Waals surface area contributed by atoms with Gasteiger partial charge in [-0.1, -0.05) is 37.5 Å². The molecule has 0 bridgehead atoms. The minimum absolute atomic E-state index is 0.106. The molecule has 0 heterocycles. The van der Waals surface area contributed by atoms with Gasteiger partial charge in [-0.25, -0.2) is 4.79 Å². The lowest BCUT2D eigenvalue weighted by Gasteiger charge is -2.34. The topological polar surface area (TPSA) is 46.5 Å². The Balaban J connectivity index is 1.92. The summed E-state index contributed by atoms with van der Waals surface area (Å²) in [6, 6.07) is 8.99. The van der Waals surface area contributed by atoms with E-state index in [0.29, 0.717) is 12.2 Å².